The number of hydrogen-bond donors (Lipinski definition) is 1. The second-order valence-corrected chi connectivity index (χ2v) is 4.89. The van der Waals surface area contributed by atoms with Crippen molar-refractivity contribution in [1.29, 1.82) is 0 Å². The summed E-state index contributed by atoms with van der Waals surface area (Å²) in [6.07, 6.45) is 3.15. The van der Waals surface area contributed by atoms with E-state index in [4.69, 9.17) is 9.84 Å². The lowest BCUT2D eigenvalue weighted by Gasteiger charge is -2.06. The van der Waals surface area contributed by atoms with E-state index < -0.39 is 5.97 Å². The second kappa shape index (κ2) is 6.70. The Morgan fingerprint density at radius 2 is 1.87 bits per heavy atom. The maximum Gasteiger partial charge on any atom is 0.335 e. The SMILES string of the molecule is O=C(O)c1ccnc(OCc2ccc(-c3ccccc3)nc2)c1. The van der Waals surface area contributed by atoms with Gasteiger partial charge in [-0.15, -0.1) is 0 Å². The molecule has 3 rings (SSSR count). The van der Waals surface area contributed by atoms with Gasteiger partial charge in [0.15, 0.2) is 0 Å². The molecule has 0 aliphatic heterocycles. The number of aromatic nitrogens is 2. The first-order chi connectivity index (χ1) is 11.2. The molecular formula is C18H14N2O3. The van der Waals surface area contributed by atoms with Crippen LogP contribution in [-0.2, 0) is 6.61 Å². The predicted molar refractivity (Wildman–Crippen MR) is 85.2 cm³/mol. The molecule has 5 nitrogen and oxygen atoms in total. The van der Waals surface area contributed by atoms with E-state index in [1.807, 2.05) is 42.5 Å². The summed E-state index contributed by atoms with van der Waals surface area (Å²) in [4.78, 5) is 19.3. The van der Waals surface area contributed by atoms with Gasteiger partial charge in [-0.2, -0.15) is 0 Å². The Labute approximate surface area is 133 Å². The quantitative estimate of drug-likeness (QED) is 0.782. The fourth-order valence-electron chi connectivity index (χ4n) is 2.07. The molecule has 2 heterocycles. The lowest BCUT2D eigenvalue weighted by atomic mass is 10.1. The summed E-state index contributed by atoms with van der Waals surface area (Å²) in [7, 11) is 0. The van der Waals surface area contributed by atoms with Crippen LogP contribution in [0.15, 0.2) is 67.0 Å². The number of hydrogen-bond acceptors (Lipinski definition) is 4. The fraction of sp³-hybridized carbons (Fsp3) is 0.0556. The number of benzene rings is 1. The Morgan fingerprint density at radius 1 is 1.04 bits per heavy atom. The lowest BCUT2D eigenvalue weighted by Crippen LogP contribution is -2.01. The van der Waals surface area contributed by atoms with Crippen molar-refractivity contribution in [2.24, 2.45) is 0 Å². The molecule has 23 heavy (non-hydrogen) atoms. The number of rotatable bonds is 5. The minimum atomic E-state index is -1.01. The number of pyridine rings is 2. The van der Waals surface area contributed by atoms with Crippen molar-refractivity contribution in [3.05, 3.63) is 78.1 Å². The molecule has 1 aromatic carbocycles. The first kappa shape index (κ1) is 14.7. The van der Waals surface area contributed by atoms with Gasteiger partial charge in [-0.25, -0.2) is 9.78 Å². The molecule has 0 saturated carbocycles. The Balaban J connectivity index is 1.67. The van der Waals surface area contributed by atoms with Crippen LogP contribution in [0.3, 0.4) is 0 Å². The van der Waals surface area contributed by atoms with Gasteiger partial charge in [-0.3, -0.25) is 4.98 Å². The summed E-state index contributed by atoms with van der Waals surface area (Å²) in [6, 6.07) is 16.6. The zero-order valence-corrected chi connectivity index (χ0v) is 12.2. The highest BCUT2D eigenvalue weighted by Crippen LogP contribution is 2.17. The van der Waals surface area contributed by atoms with E-state index >= 15 is 0 Å². The van der Waals surface area contributed by atoms with E-state index in [0.29, 0.717) is 0 Å². The number of aromatic carboxylic acids is 1. The van der Waals surface area contributed by atoms with Gasteiger partial charge in [-0.05, 0) is 12.1 Å². The molecule has 5 heteroatoms. The molecule has 0 fully saturated rings. The van der Waals surface area contributed by atoms with Gasteiger partial charge in [0.1, 0.15) is 6.61 Å². The predicted octanol–water partition coefficient (Wildman–Crippen LogP) is 3.42. The molecule has 0 atom stereocenters. The van der Waals surface area contributed by atoms with Crippen molar-refractivity contribution < 1.29 is 14.6 Å². The first-order valence-corrected chi connectivity index (χ1v) is 7.05. The number of carbonyl (C=O) groups is 1. The molecule has 114 valence electrons. The zero-order valence-electron chi connectivity index (χ0n) is 12.2. The third-order valence-corrected chi connectivity index (χ3v) is 3.26. The molecule has 0 aliphatic rings. The smallest absolute Gasteiger partial charge is 0.335 e. The molecule has 0 radical (unpaired) electrons. The monoisotopic (exact) mass is 306 g/mol. The van der Waals surface area contributed by atoms with Gasteiger partial charge in [0.2, 0.25) is 5.88 Å². The van der Waals surface area contributed by atoms with Crippen molar-refractivity contribution in [3.8, 4) is 17.1 Å². The molecule has 0 spiro atoms. The van der Waals surface area contributed by atoms with E-state index in [1.54, 1.807) is 6.20 Å². The Bertz CT molecular complexity index is 802. The standard InChI is InChI=1S/C18H14N2O3/c21-18(22)15-8-9-19-17(10-15)23-12-13-6-7-16(20-11-13)14-4-2-1-3-5-14/h1-11H,12H2,(H,21,22). The van der Waals surface area contributed by atoms with Crippen molar-refractivity contribution in [3.63, 3.8) is 0 Å². The molecule has 1 N–H and O–H groups in total. The van der Waals surface area contributed by atoms with E-state index in [1.165, 1.54) is 18.3 Å². The zero-order chi connectivity index (χ0) is 16.1. The van der Waals surface area contributed by atoms with E-state index in [-0.39, 0.29) is 18.1 Å². The van der Waals surface area contributed by atoms with E-state index in [2.05, 4.69) is 9.97 Å². The van der Waals surface area contributed by atoms with Gasteiger partial charge in [0, 0.05) is 29.6 Å². The van der Waals surface area contributed by atoms with Crippen LogP contribution in [0.5, 0.6) is 5.88 Å². The van der Waals surface area contributed by atoms with Crippen molar-refractivity contribution in [1.82, 2.24) is 9.97 Å². The Kier molecular flexibility index (Phi) is 4.29. The summed E-state index contributed by atoms with van der Waals surface area (Å²) in [5.74, 6) is -0.733. The number of carboxylic acid groups (broad SMARTS) is 1. The summed E-state index contributed by atoms with van der Waals surface area (Å²) < 4.78 is 5.51. The van der Waals surface area contributed by atoms with Gasteiger partial charge in [0.05, 0.1) is 11.3 Å². The largest absolute Gasteiger partial charge is 0.478 e. The van der Waals surface area contributed by atoms with Crippen LogP contribution in [0, 0.1) is 0 Å². The van der Waals surface area contributed by atoms with Gasteiger partial charge < -0.3 is 9.84 Å². The number of carboxylic acids is 1. The lowest BCUT2D eigenvalue weighted by molar-refractivity contribution is 0.0696. The molecule has 0 amide bonds. The third-order valence-electron chi connectivity index (χ3n) is 3.26. The number of nitrogens with zero attached hydrogens (tertiary/aromatic N) is 2. The normalized spacial score (nSPS) is 10.3. The van der Waals surface area contributed by atoms with Crippen molar-refractivity contribution in [2.45, 2.75) is 6.61 Å². The highest BCUT2D eigenvalue weighted by molar-refractivity contribution is 5.87. The average molecular weight is 306 g/mol. The molecule has 0 bridgehead atoms. The molecule has 0 saturated heterocycles. The molecule has 0 aliphatic carbocycles. The van der Waals surface area contributed by atoms with E-state index in [0.717, 1.165) is 16.8 Å². The topological polar surface area (TPSA) is 72.3 Å². The maximum atomic E-state index is 10.9. The highest BCUT2D eigenvalue weighted by Gasteiger charge is 2.05. The van der Waals surface area contributed by atoms with Crippen LogP contribution in [0.1, 0.15) is 15.9 Å². The van der Waals surface area contributed by atoms with Crippen LogP contribution in [0.4, 0.5) is 0 Å². The van der Waals surface area contributed by atoms with Gasteiger partial charge in [0.25, 0.3) is 0 Å². The average Bonchev–Trinajstić information content (AvgIpc) is 2.61. The summed E-state index contributed by atoms with van der Waals surface area (Å²) >= 11 is 0. The van der Waals surface area contributed by atoms with Crippen LogP contribution in [-0.4, -0.2) is 21.0 Å². The van der Waals surface area contributed by atoms with Crippen molar-refractivity contribution in [2.75, 3.05) is 0 Å². The van der Waals surface area contributed by atoms with Crippen LogP contribution in [0.2, 0.25) is 0 Å². The number of ether oxygens (including phenoxy) is 1. The minimum Gasteiger partial charge on any atom is -0.478 e. The molecule has 2 aromatic heterocycles. The summed E-state index contributed by atoms with van der Waals surface area (Å²) in [5, 5.41) is 8.94. The minimum absolute atomic E-state index is 0.146. The highest BCUT2D eigenvalue weighted by atomic mass is 16.5. The summed E-state index contributed by atoms with van der Waals surface area (Å²) in [5.41, 5.74) is 2.97. The van der Waals surface area contributed by atoms with E-state index in [9.17, 15) is 4.79 Å². The van der Waals surface area contributed by atoms with Gasteiger partial charge >= 0.3 is 5.97 Å². The van der Waals surface area contributed by atoms with Gasteiger partial charge in [-0.1, -0.05) is 36.4 Å². The Morgan fingerprint density at radius 3 is 2.57 bits per heavy atom. The third kappa shape index (κ3) is 3.71. The Hall–Kier alpha value is -3.21. The molecule has 0 unspecified atom stereocenters. The molecular weight excluding hydrogens is 292 g/mol. The van der Waals surface area contributed by atoms with Crippen LogP contribution < -0.4 is 4.74 Å². The second-order valence-electron chi connectivity index (χ2n) is 4.89. The summed E-state index contributed by atoms with van der Waals surface area (Å²) in [6.45, 7) is 0.276. The fourth-order valence-corrected chi connectivity index (χ4v) is 2.07. The first-order valence-electron chi connectivity index (χ1n) is 7.05. The van der Waals surface area contributed by atoms with Crippen molar-refractivity contribution >= 4 is 5.97 Å². The maximum absolute atomic E-state index is 10.9. The van der Waals surface area contributed by atoms with Crippen LogP contribution in [0.25, 0.3) is 11.3 Å². The van der Waals surface area contributed by atoms with Crippen LogP contribution >= 0.6 is 0 Å². The molecule has 3 aromatic rings.